The molecule has 0 saturated carbocycles. The van der Waals surface area contributed by atoms with Gasteiger partial charge >= 0.3 is 0 Å². The van der Waals surface area contributed by atoms with Crippen LogP contribution in [0.2, 0.25) is 0 Å². The van der Waals surface area contributed by atoms with Crippen LogP contribution in [0.15, 0.2) is 24.4 Å². The van der Waals surface area contributed by atoms with Gasteiger partial charge in [-0.2, -0.15) is 4.31 Å². The average Bonchev–Trinajstić information content (AvgIpc) is 2.36. The van der Waals surface area contributed by atoms with Crippen molar-refractivity contribution < 1.29 is 13.5 Å². The Morgan fingerprint density at radius 2 is 2.18 bits per heavy atom. The second kappa shape index (κ2) is 6.09. The number of nitrogens with zero attached hydrogens (tertiary/aromatic N) is 2. The lowest BCUT2D eigenvalue weighted by Crippen LogP contribution is -2.39. The van der Waals surface area contributed by atoms with E-state index in [2.05, 4.69) is 4.98 Å². The number of aryl methyl sites for hydroxylation is 1. The number of likely N-dealkylation sites (N-methyl/N-ethyl adjacent to an activating group) is 1. The van der Waals surface area contributed by atoms with Crippen molar-refractivity contribution in [3.8, 4) is 0 Å². The monoisotopic (exact) mass is 258 g/mol. The molecular weight excluding hydrogens is 240 g/mol. The molecule has 96 valence electrons. The molecule has 0 aromatic carbocycles. The molecule has 0 saturated heterocycles. The summed E-state index contributed by atoms with van der Waals surface area (Å²) in [4.78, 5) is 4.07. The van der Waals surface area contributed by atoms with Crippen LogP contribution >= 0.6 is 0 Å². The first-order valence-corrected chi connectivity index (χ1v) is 7.05. The quantitative estimate of drug-likeness (QED) is 0.795. The standard InChI is InChI=1S/C11H18N2O3S/c1-10(9-14)13(2)17(15,16)8-6-11-5-3-4-7-12-11/h3-5,7,10,14H,6,8-9H2,1-2H3. The molecule has 1 N–H and O–H groups in total. The highest BCUT2D eigenvalue weighted by atomic mass is 32.2. The van der Waals surface area contributed by atoms with Crippen LogP contribution in [0, 0.1) is 0 Å². The number of hydrogen-bond acceptors (Lipinski definition) is 4. The van der Waals surface area contributed by atoms with Gasteiger partial charge in [0.25, 0.3) is 0 Å². The molecule has 17 heavy (non-hydrogen) atoms. The lowest BCUT2D eigenvalue weighted by Gasteiger charge is -2.22. The van der Waals surface area contributed by atoms with Gasteiger partial charge in [0.05, 0.1) is 12.4 Å². The van der Waals surface area contributed by atoms with Gasteiger partial charge in [-0.05, 0) is 19.1 Å². The first-order chi connectivity index (χ1) is 7.97. The molecule has 5 nitrogen and oxygen atoms in total. The molecule has 0 aliphatic rings. The van der Waals surface area contributed by atoms with E-state index in [4.69, 9.17) is 5.11 Å². The minimum Gasteiger partial charge on any atom is -0.395 e. The largest absolute Gasteiger partial charge is 0.395 e. The highest BCUT2D eigenvalue weighted by Gasteiger charge is 2.22. The van der Waals surface area contributed by atoms with Crippen LogP contribution in [-0.2, 0) is 16.4 Å². The highest BCUT2D eigenvalue weighted by Crippen LogP contribution is 2.06. The maximum atomic E-state index is 11.9. The molecule has 0 radical (unpaired) electrons. The number of aliphatic hydroxyl groups is 1. The normalized spacial score (nSPS) is 13.9. The predicted molar refractivity (Wildman–Crippen MR) is 66.0 cm³/mol. The van der Waals surface area contributed by atoms with Crippen molar-refractivity contribution in [2.75, 3.05) is 19.4 Å². The van der Waals surface area contributed by atoms with Crippen LogP contribution < -0.4 is 0 Å². The second-order valence-corrected chi connectivity index (χ2v) is 6.08. The lowest BCUT2D eigenvalue weighted by atomic mass is 10.3. The van der Waals surface area contributed by atoms with Crippen molar-refractivity contribution in [1.29, 1.82) is 0 Å². The number of aliphatic hydroxyl groups excluding tert-OH is 1. The van der Waals surface area contributed by atoms with Gasteiger partial charge < -0.3 is 5.11 Å². The third-order valence-electron chi connectivity index (χ3n) is 2.67. The summed E-state index contributed by atoms with van der Waals surface area (Å²) in [7, 11) is -1.86. The average molecular weight is 258 g/mol. The van der Waals surface area contributed by atoms with E-state index in [-0.39, 0.29) is 12.4 Å². The molecule has 0 fully saturated rings. The van der Waals surface area contributed by atoms with E-state index in [1.54, 1.807) is 25.3 Å². The Bertz CT molecular complexity index is 433. The van der Waals surface area contributed by atoms with E-state index in [0.717, 1.165) is 5.69 Å². The summed E-state index contributed by atoms with van der Waals surface area (Å²) in [6.07, 6.45) is 2.02. The molecule has 1 rings (SSSR count). The van der Waals surface area contributed by atoms with Gasteiger partial charge in [0.15, 0.2) is 0 Å². The van der Waals surface area contributed by atoms with Crippen molar-refractivity contribution in [1.82, 2.24) is 9.29 Å². The van der Waals surface area contributed by atoms with Crippen molar-refractivity contribution >= 4 is 10.0 Å². The maximum Gasteiger partial charge on any atom is 0.214 e. The molecule has 1 heterocycles. The van der Waals surface area contributed by atoms with Gasteiger partial charge in [0.1, 0.15) is 0 Å². The van der Waals surface area contributed by atoms with Crippen LogP contribution in [0.25, 0.3) is 0 Å². The third-order valence-corrected chi connectivity index (χ3v) is 4.62. The summed E-state index contributed by atoms with van der Waals surface area (Å²) in [5, 5.41) is 8.94. The summed E-state index contributed by atoms with van der Waals surface area (Å²) in [6, 6.07) is 5.02. The fourth-order valence-corrected chi connectivity index (χ4v) is 2.68. The van der Waals surface area contributed by atoms with Crippen LogP contribution in [-0.4, -0.2) is 48.3 Å². The van der Waals surface area contributed by atoms with E-state index in [1.165, 1.54) is 11.4 Å². The molecule has 1 aromatic heterocycles. The van der Waals surface area contributed by atoms with E-state index in [9.17, 15) is 8.42 Å². The Balaban J connectivity index is 2.62. The number of aromatic nitrogens is 1. The fraction of sp³-hybridized carbons (Fsp3) is 0.545. The molecule has 0 bridgehead atoms. The second-order valence-electron chi connectivity index (χ2n) is 3.93. The van der Waals surface area contributed by atoms with Gasteiger partial charge in [0.2, 0.25) is 10.0 Å². The molecule has 1 atom stereocenters. The summed E-state index contributed by atoms with van der Waals surface area (Å²) in [5.41, 5.74) is 0.751. The Morgan fingerprint density at radius 1 is 1.47 bits per heavy atom. The van der Waals surface area contributed by atoms with Crippen molar-refractivity contribution in [3.05, 3.63) is 30.1 Å². The maximum absolute atomic E-state index is 11.9. The molecular formula is C11H18N2O3S. The zero-order valence-electron chi connectivity index (χ0n) is 10.1. The first kappa shape index (κ1) is 14.1. The van der Waals surface area contributed by atoms with E-state index < -0.39 is 16.1 Å². The van der Waals surface area contributed by atoms with Gasteiger partial charge in [-0.15, -0.1) is 0 Å². The summed E-state index contributed by atoms with van der Waals surface area (Å²) >= 11 is 0. The molecule has 1 unspecified atom stereocenters. The van der Waals surface area contributed by atoms with Gasteiger partial charge in [-0.1, -0.05) is 6.07 Å². The topological polar surface area (TPSA) is 70.5 Å². The molecule has 0 amide bonds. The minimum atomic E-state index is -3.34. The Hall–Kier alpha value is -0.980. The van der Waals surface area contributed by atoms with Crippen LogP contribution in [0.4, 0.5) is 0 Å². The zero-order chi connectivity index (χ0) is 12.9. The molecule has 0 aliphatic carbocycles. The molecule has 0 spiro atoms. The summed E-state index contributed by atoms with van der Waals surface area (Å²) < 4.78 is 25.0. The van der Waals surface area contributed by atoms with Crippen molar-refractivity contribution in [3.63, 3.8) is 0 Å². The molecule has 6 heteroatoms. The van der Waals surface area contributed by atoms with E-state index >= 15 is 0 Å². The van der Waals surface area contributed by atoms with Crippen molar-refractivity contribution in [2.45, 2.75) is 19.4 Å². The number of sulfonamides is 1. The Kier molecular flexibility index (Phi) is 5.04. The Labute approximate surface area is 102 Å². The summed E-state index contributed by atoms with van der Waals surface area (Å²) in [5.74, 6) is 0.00481. The fourth-order valence-electron chi connectivity index (χ4n) is 1.31. The Morgan fingerprint density at radius 3 is 2.71 bits per heavy atom. The minimum absolute atomic E-state index is 0.00481. The number of hydrogen-bond donors (Lipinski definition) is 1. The number of rotatable bonds is 6. The number of pyridine rings is 1. The summed E-state index contributed by atoms with van der Waals surface area (Å²) in [6.45, 7) is 1.48. The van der Waals surface area contributed by atoms with Crippen LogP contribution in [0.3, 0.4) is 0 Å². The molecule has 0 aliphatic heterocycles. The third kappa shape index (κ3) is 4.07. The lowest BCUT2D eigenvalue weighted by molar-refractivity contribution is 0.214. The van der Waals surface area contributed by atoms with Gasteiger partial charge in [-0.3, -0.25) is 4.98 Å². The highest BCUT2D eigenvalue weighted by molar-refractivity contribution is 7.89. The van der Waals surface area contributed by atoms with E-state index in [0.29, 0.717) is 6.42 Å². The van der Waals surface area contributed by atoms with Gasteiger partial charge in [0, 0.05) is 31.4 Å². The zero-order valence-corrected chi connectivity index (χ0v) is 10.9. The van der Waals surface area contributed by atoms with Crippen molar-refractivity contribution in [2.24, 2.45) is 0 Å². The first-order valence-electron chi connectivity index (χ1n) is 5.44. The smallest absolute Gasteiger partial charge is 0.214 e. The predicted octanol–water partition coefficient (Wildman–Crippen LogP) is 0.266. The van der Waals surface area contributed by atoms with Gasteiger partial charge in [-0.25, -0.2) is 8.42 Å². The van der Waals surface area contributed by atoms with E-state index in [1.807, 2.05) is 6.07 Å². The molecule has 1 aromatic rings. The SMILES string of the molecule is CC(CO)N(C)S(=O)(=O)CCc1ccccn1. The van der Waals surface area contributed by atoms with Crippen LogP contribution in [0.5, 0.6) is 0 Å². The van der Waals surface area contributed by atoms with Crippen LogP contribution in [0.1, 0.15) is 12.6 Å².